The van der Waals surface area contributed by atoms with E-state index in [4.69, 9.17) is 14.2 Å². The Bertz CT molecular complexity index is 1090. The largest absolute Gasteiger partial charge is 0.507 e. The Morgan fingerprint density at radius 1 is 1.00 bits per heavy atom. The minimum absolute atomic E-state index is 0.00761. The standard InChI is InChI=1S/C28H35NO6/c1-17(2)34-22-11-8-20(9-12-22)25-24(27(31)28(32)29(25)14-7-15-33-6)26(30)21-10-13-23(19(5)16-21)35-18(3)4/h8-13,16-18,25,30H,7,14-15H2,1-6H3/b26-24-. The van der Waals surface area contributed by atoms with Crippen LogP contribution in [-0.2, 0) is 14.3 Å². The van der Waals surface area contributed by atoms with Crippen LogP contribution in [0.1, 0.15) is 56.8 Å². The summed E-state index contributed by atoms with van der Waals surface area (Å²) in [5.74, 6) is -0.145. The second kappa shape index (κ2) is 11.4. The van der Waals surface area contributed by atoms with Gasteiger partial charge in [-0.25, -0.2) is 0 Å². The Morgan fingerprint density at radius 3 is 2.23 bits per heavy atom. The van der Waals surface area contributed by atoms with E-state index in [1.165, 1.54) is 4.90 Å². The molecule has 0 radical (unpaired) electrons. The van der Waals surface area contributed by atoms with Crippen molar-refractivity contribution in [3.05, 3.63) is 64.7 Å². The second-order valence-corrected chi connectivity index (χ2v) is 9.22. The molecule has 0 saturated carbocycles. The highest BCUT2D eigenvalue weighted by atomic mass is 16.5. The zero-order chi connectivity index (χ0) is 25.7. The Morgan fingerprint density at radius 2 is 1.66 bits per heavy atom. The lowest BCUT2D eigenvalue weighted by Crippen LogP contribution is -2.31. The normalized spacial score (nSPS) is 17.5. The topological polar surface area (TPSA) is 85.3 Å². The number of ether oxygens (including phenoxy) is 3. The van der Waals surface area contributed by atoms with Gasteiger partial charge in [-0.2, -0.15) is 0 Å². The van der Waals surface area contributed by atoms with Crippen molar-refractivity contribution < 1.29 is 28.9 Å². The summed E-state index contributed by atoms with van der Waals surface area (Å²) in [5, 5.41) is 11.3. The monoisotopic (exact) mass is 481 g/mol. The van der Waals surface area contributed by atoms with Gasteiger partial charge in [0.25, 0.3) is 11.7 Å². The van der Waals surface area contributed by atoms with Gasteiger partial charge in [-0.05, 0) is 82.5 Å². The summed E-state index contributed by atoms with van der Waals surface area (Å²) < 4.78 is 16.7. The van der Waals surface area contributed by atoms with Gasteiger partial charge in [-0.3, -0.25) is 9.59 Å². The first kappa shape index (κ1) is 26.3. The van der Waals surface area contributed by atoms with Gasteiger partial charge in [-0.1, -0.05) is 12.1 Å². The van der Waals surface area contributed by atoms with Gasteiger partial charge in [0, 0.05) is 25.8 Å². The van der Waals surface area contributed by atoms with E-state index in [0.29, 0.717) is 36.6 Å². The summed E-state index contributed by atoms with van der Waals surface area (Å²) in [5.41, 5.74) is 2.07. The number of likely N-dealkylation sites (tertiary alicyclic amines) is 1. The van der Waals surface area contributed by atoms with Crippen LogP contribution < -0.4 is 9.47 Å². The van der Waals surface area contributed by atoms with Crippen molar-refractivity contribution in [2.24, 2.45) is 0 Å². The average molecular weight is 482 g/mol. The molecule has 0 aromatic heterocycles. The van der Waals surface area contributed by atoms with E-state index >= 15 is 0 Å². The molecule has 0 aliphatic carbocycles. The van der Waals surface area contributed by atoms with Gasteiger partial charge < -0.3 is 24.2 Å². The summed E-state index contributed by atoms with van der Waals surface area (Å²) in [6, 6.07) is 11.8. The van der Waals surface area contributed by atoms with E-state index < -0.39 is 17.7 Å². The van der Waals surface area contributed by atoms with E-state index in [0.717, 1.165) is 11.1 Å². The molecule has 2 aromatic carbocycles. The third kappa shape index (κ3) is 6.03. The molecular weight excluding hydrogens is 446 g/mol. The molecule has 1 saturated heterocycles. The molecule has 7 nitrogen and oxygen atoms in total. The van der Waals surface area contributed by atoms with Crippen LogP contribution in [-0.4, -0.2) is 54.2 Å². The fraction of sp³-hybridized carbons (Fsp3) is 0.429. The third-order valence-corrected chi connectivity index (χ3v) is 5.67. The first-order chi connectivity index (χ1) is 16.6. The maximum absolute atomic E-state index is 13.2. The molecule has 1 N–H and O–H groups in total. The molecule has 1 fully saturated rings. The lowest BCUT2D eigenvalue weighted by molar-refractivity contribution is -0.140. The number of benzene rings is 2. The van der Waals surface area contributed by atoms with Crippen molar-refractivity contribution in [2.75, 3.05) is 20.3 Å². The predicted octanol–water partition coefficient (Wildman–Crippen LogP) is 5.03. The number of aliphatic hydroxyl groups excluding tert-OH is 1. The molecule has 3 rings (SSSR count). The SMILES string of the molecule is COCCCN1C(=O)C(=O)/C(=C(\O)c2ccc(OC(C)C)c(C)c2)C1c1ccc(OC(C)C)cc1. The number of hydrogen-bond donors (Lipinski definition) is 1. The van der Waals surface area contributed by atoms with Crippen LogP contribution in [0.2, 0.25) is 0 Å². The van der Waals surface area contributed by atoms with Crippen molar-refractivity contribution in [2.45, 2.75) is 59.3 Å². The Hall–Kier alpha value is -3.32. The maximum Gasteiger partial charge on any atom is 0.295 e. The van der Waals surface area contributed by atoms with Crippen LogP contribution in [0.3, 0.4) is 0 Å². The summed E-state index contributed by atoms with van der Waals surface area (Å²) in [7, 11) is 1.59. The zero-order valence-corrected chi connectivity index (χ0v) is 21.3. The lowest BCUT2D eigenvalue weighted by Gasteiger charge is -2.25. The van der Waals surface area contributed by atoms with Crippen LogP contribution in [0.5, 0.6) is 11.5 Å². The predicted molar refractivity (Wildman–Crippen MR) is 135 cm³/mol. The number of carbonyl (C=O) groups excluding carboxylic acids is 2. The van der Waals surface area contributed by atoms with Gasteiger partial charge in [0.1, 0.15) is 17.3 Å². The highest BCUT2D eigenvalue weighted by molar-refractivity contribution is 6.46. The molecular formula is C28H35NO6. The molecule has 1 unspecified atom stereocenters. The molecule has 1 aliphatic heterocycles. The summed E-state index contributed by atoms with van der Waals surface area (Å²) >= 11 is 0. The van der Waals surface area contributed by atoms with Crippen LogP contribution in [0, 0.1) is 6.92 Å². The molecule has 7 heteroatoms. The summed E-state index contributed by atoms with van der Waals surface area (Å²) in [6.45, 7) is 10.4. The smallest absolute Gasteiger partial charge is 0.295 e. The van der Waals surface area contributed by atoms with E-state index in [-0.39, 0.29) is 23.5 Å². The van der Waals surface area contributed by atoms with Crippen molar-refractivity contribution in [3.8, 4) is 11.5 Å². The number of nitrogens with zero attached hydrogens (tertiary/aromatic N) is 1. The van der Waals surface area contributed by atoms with E-state index in [1.54, 1.807) is 25.3 Å². The molecule has 1 heterocycles. The minimum atomic E-state index is -0.716. The zero-order valence-electron chi connectivity index (χ0n) is 21.3. The molecule has 2 aromatic rings. The molecule has 1 atom stereocenters. The van der Waals surface area contributed by atoms with Crippen molar-refractivity contribution in [3.63, 3.8) is 0 Å². The summed E-state index contributed by atoms with van der Waals surface area (Å²) in [4.78, 5) is 27.7. The second-order valence-electron chi connectivity index (χ2n) is 9.22. The van der Waals surface area contributed by atoms with Crippen molar-refractivity contribution in [1.29, 1.82) is 0 Å². The van der Waals surface area contributed by atoms with Gasteiger partial charge in [0.2, 0.25) is 0 Å². The molecule has 188 valence electrons. The van der Waals surface area contributed by atoms with Crippen LogP contribution >= 0.6 is 0 Å². The molecule has 35 heavy (non-hydrogen) atoms. The number of aliphatic hydroxyl groups is 1. The number of hydrogen-bond acceptors (Lipinski definition) is 6. The highest BCUT2D eigenvalue weighted by Crippen LogP contribution is 2.40. The number of amides is 1. The lowest BCUT2D eigenvalue weighted by atomic mass is 9.94. The number of methoxy groups -OCH3 is 1. The number of Topliss-reactive ketones (excluding diaryl/α,β-unsaturated/α-hetero) is 1. The average Bonchev–Trinajstić information content (AvgIpc) is 3.05. The van der Waals surface area contributed by atoms with Gasteiger partial charge in [-0.15, -0.1) is 0 Å². The van der Waals surface area contributed by atoms with Gasteiger partial charge in [0.05, 0.1) is 23.8 Å². The third-order valence-electron chi connectivity index (χ3n) is 5.67. The Kier molecular flexibility index (Phi) is 8.57. The number of ketones is 1. The van der Waals surface area contributed by atoms with Crippen LogP contribution in [0.4, 0.5) is 0 Å². The molecule has 1 aliphatic rings. The van der Waals surface area contributed by atoms with Gasteiger partial charge in [0.15, 0.2) is 0 Å². The fourth-order valence-corrected chi connectivity index (χ4v) is 4.18. The summed E-state index contributed by atoms with van der Waals surface area (Å²) in [6.07, 6.45) is 0.592. The fourth-order valence-electron chi connectivity index (χ4n) is 4.18. The van der Waals surface area contributed by atoms with E-state index in [9.17, 15) is 14.7 Å². The molecule has 0 spiro atoms. The van der Waals surface area contributed by atoms with E-state index in [1.807, 2.05) is 58.9 Å². The molecule has 0 bridgehead atoms. The van der Waals surface area contributed by atoms with Gasteiger partial charge >= 0.3 is 0 Å². The van der Waals surface area contributed by atoms with Crippen molar-refractivity contribution >= 4 is 17.4 Å². The Labute approximate surface area is 207 Å². The Balaban J connectivity index is 2.07. The van der Waals surface area contributed by atoms with Crippen LogP contribution in [0.15, 0.2) is 48.0 Å². The minimum Gasteiger partial charge on any atom is -0.507 e. The number of carbonyl (C=O) groups is 2. The number of aryl methyl sites for hydroxylation is 1. The molecule has 1 amide bonds. The highest BCUT2D eigenvalue weighted by Gasteiger charge is 2.45. The maximum atomic E-state index is 13.2. The first-order valence-electron chi connectivity index (χ1n) is 12.0. The van der Waals surface area contributed by atoms with Crippen LogP contribution in [0.25, 0.3) is 5.76 Å². The van der Waals surface area contributed by atoms with E-state index in [2.05, 4.69) is 0 Å². The van der Waals surface area contributed by atoms with Crippen molar-refractivity contribution in [1.82, 2.24) is 4.90 Å². The first-order valence-corrected chi connectivity index (χ1v) is 12.0. The number of rotatable bonds is 10. The quantitative estimate of drug-likeness (QED) is 0.222.